The predicted octanol–water partition coefficient (Wildman–Crippen LogP) is 1.07. The molecule has 0 radical (unpaired) electrons. The van der Waals surface area contributed by atoms with Crippen LogP contribution in [0, 0.1) is 5.41 Å². The standard InChI is InChI=1S/C15H29N3O3/c1-11(2)17-13(19)10-21-16-9-12-7-6-8-18(12)14(20)15(3,4)5/h11-12,16H,6-10H2,1-5H3,(H,17,19)/t12-/m0/s1. The number of hydrogen-bond donors (Lipinski definition) is 2. The molecule has 0 unspecified atom stereocenters. The van der Waals surface area contributed by atoms with Gasteiger partial charge in [-0.3, -0.25) is 14.4 Å². The van der Waals surface area contributed by atoms with Gasteiger partial charge in [0, 0.05) is 30.6 Å². The van der Waals surface area contributed by atoms with Gasteiger partial charge < -0.3 is 10.2 Å². The van der Waals surface area contributed by atoms with Crippen LogP contribution in [-0.2, 0) is 14.4 Å². The Balaban J connectivity index is 2.31. The molecule has 0 saturated carbocycles. The van der Waals surface area contributed by atoms with Crippen LogP contribution < -0.4 is 10.8 Å². The smallest absolute Gasteiger partial charge is 0.248 e. The number of nitrogens with zero attached hydrogens (tertiary/aromatic N) is 1. The lowest BCUT2D eigenvalue weighted by Crippen LogP contribution is -2.46. The van der Waals surface area contributed by atoms with E-state index in [4.69, 9.17) is 4.84 Å². The maximum atomic E-state index is 12.3. The Labute approximate surface area is 127 Å². The van der Waals surface area contributed by atoms with E-state index in [-0.39, 0.29) is 35.9 Å². The molecular weight excluding hydrogens is 270 g/mol. The van der Waals surface area contributed by atoms with E-state index < -0.39 is 0 Å². The van der Waals surface area contributed by atoms with Gasteiger partial charge in [-0.15, -0.1) is 0 Å². The molecule has 122 valence electrons. The van der Waals surface area contributed by atoms with Gasteiger partial charge in [0.05, 0.1) is 0 Å². The molecule has 1 saturated heterocycles. The maximum Gasteiger partial charge on any atom is 0.248 e. The van der Waals surface area contributed by atoms with Crippen molar-refractivity contribution in [3.05, 3.63) is 0 Å². The predicted molar refractivity (Wildman–Crippen MR) is 81.4 cm³/mol. The summed E-state index contributed by atoms with van der Waals surface area (Å²) >= 11 is 0. The summed E-state index contributed by atoms with van der Waals surface area (Å²) in [6, 6.07) is 0.251. The van der Waals surface area contributed by atoms with Crippen LogP contribution in [-0.4, -0.2) is 48.5 Å². The van der Waals surface area contributed by atoms with E-state index in [9.17, 15) is 9.59 Å². The van der Waals surface area contributed by atoms with Crippen LogP contribution in [0.2, 0.25) is 0 Å². The summed E-state index contributed by atoms with van der Waals surface area (Å²) in [4.78, 5) is 30.8. The minimum absolute atomic E-state index is 0.0158. The number of carbonyl (C=O) groups excluding carboxylic acids is 2. The fourth-order valence-electron chi connectivity index (χ4n) is 2.38. The fraction of sp³-hybridized carbons (Fsp3) is 0.867. The second-order valence-electron chi connectivity index (χ2n) is 6.90. The molecule has 0 bridgehead atoms. The Morgan fingerprint density at radius 1 is 1.33 bits per heavy atom. The molecule has 21 heavy (non-hydrogen) atoms. The first kappa shape index (κ1) is 17.9. The van der Waals surface area contributed by atoms with Crippen LogP contribution in [0.25, 0.3) is 0 Å². The Kier molecular flexibility index (Phi) is 6.61. The van der Waals surface area contributed by atoms with Crippen LogP contribution in [0.1, 0.15) is 47.5 Å². The quantitative estimate of drug-likeness (QED) is 0.568. The summed E-state index contributed by atoms with van der Waals surface area (Å²) in [5.41, 5.74) is 2.45. The van der Waals surface area contributed by atoms with Gasteiger partial charge in [0.25, 0.3) is 0 Å². The van der Waals surface area contributed by atoms with Crippen LogP contribution in [0.5, 0.6) is 0 Å². The van der Waals surface area contributed by atoms with Gasteiger partial charge in [-0.05, 0) is 26.7 Å². The molecule has 1 atom stereocenters. The Hall–Kier alpha value is -1.14. The number of nitrogens with one attached hydrogen (secondary N) is 2. The molecule has 1 rings (SSSR count). The minimum atomic E-state index is -0.361. The first-order chi connectivity index (χ1) is 9.71. The van der Waals surface area contributed by atoms with E-state index in [2.05, 4.69) is 10.8 Å². The molecule has 2 amide bonds. The molecule has 1 aliphatic heterocycles. The topological polar surface area (TPSA) is 70.7 Å². The van der Waals surface area contributed by atoms with Crippen molar-refractivity contribution in [3.8, 4) is 0 Å². The highest BCUT2D eigenvalue weighted by Gasteiger charge is 2.34. The zero-order valence-electron chi connectivity index (χ0n) is 13.9. The third-order valence-corrected chi connectivity index (χ3v) is 3.35. The van der Waals surface area contributed by atoms with E-state index in [0.717, 1.165) is 19.4 Å². The van der Waals surface area contributed by atoms with Crippen LogP contribution >= 0.6 is 0 Å². The minimum Gasteiger partial charge on any atom is -0.352 e. The van der Waals surface area contributed by atoms with Gasteiger partial charge in [-0.2, -0.15) is 5.48 Å². The second kappa shape index (κ2) is 7.75. The van der Waals surface area contributed by atoms with Crippen molar-refractivity contribution in [2.45, 2.75) is 59.5 Å². The molecular formula is C15H29N3O3. The first-order valence-electron chi connectivity index (χ1n) is 7.67. The Morgan fingerprint density at radius 2 is 2.00 bits per heavy atom. The normalized spacial score (nSPS) is 19.1. The molecule has 1 heterocycles. The van der Waals surface area contributed by atoms with Gasteiger partial charge in [0.1, 0.15) is 6.61 Å². The molecule has 6 heteroatoms. The van der Waals surface area contributed by atoms with Crippen LogP contribution in [0.3, 0.4) is 0 Å². The van der Waals surface area contributed by atoms with Crippen molar-refractivity contribution >= 4 is 11.8 Å². The van der Waals surface area contributed by atoms with Crippen molar-refractivity contribution in [2.24, 2.45) is 5.41 Å². The van der Waals surface area contributed by atoms with Crippen molar-refractivity contribution in [1.82, 2.24) is 15.7 Å². The number of likely N-dealkylation sites (tertiary alicyclic amines) is 1. The largest absolute Gasteiger partial charge is 0.352 e. The number of hydrogen-bond acceptors (Lipinski definition) is 4. The van der Waals surface area contributed by atoms with Gasteiger partial charge in [-0.1, -0.05) is 20.8 Å². The van der Waals surface area contributed by atoms with Gasteiger partial charge in [0.2, 0.25) is 11.8 Å². The summed E-state index contributed by atoms with van der Waals surface area (Å²) in [5.74, 6) is 0.0240. The molecule has 0 aromatic rings. The van der Waals surface area contributed by atoms with Crippen molar-refractivity contribution in [3.63, 3.8) is 0 Å². The summed E-state index contributed by atoms with van der Waals surface area (Å²) in [5, 5.41) is 2.75. The summed E-state index contributed by atoms with van der Waals surface area (Å²) in [6.07, 6.45) is 1.98. The molecule has 0 spiro atoms. The number of hydroxylamine groups is 1. The Morgan fingerprint density at radius 3 is 2.57 bits per heavy atom. The fourth-order valence-corrected chi connectivity index (χ4v) is 2.38. The highest BCUT2D eigenvalue weighted by atomic mass is 16.6. The highest BCUT2D eigenvalue weighted by Crippen LogP contribution is 2.24. The van der Waals surface area contributed by atoms with E-state index in [0.29, 0.717) is 6.54 Å². The van der Waals surface area contributed by atoms with E-state index in [1.54, 1.807) is 0 Å². The van der Waals surface area contributed by atoms with Gasteiger partial charge >= 0.3 is 0 Å². The Bertz CT molecular complexity index is 364. The van der Waals surface area contributed by atoms with Crippen LogP contribution in [0.4, 0.5) is 0 Å². The zero-order chi connectivity index (χ0) is 16.0. The van der Waals surface area contributed by atoms with E-state index in [1.165, 1.54) is 0 Å². The molecule has 0 aromatic carbocycles. The lowest BCUT2D eigenvalue weighted by atomic mass is 9.94. The summed E-state index contributed by atoms with van der Waals surface area (Å²) in [6.45, 7) is 10.9. The van der Waals surface area contributed by atoms with Crippen LogP contribution in [0.15, 0.2) is 0 Å². The molecule has 1 fully saturated rings. The highest BCUT2D eigenvalue weighted by molar-refractivity contribution is 5.82. The average molecular weight is 299 g/mol. The van der Waals surface area contributed by atoms with Gasteiger partial charge in [-0.25, -0.2) is 0 Å². The lowest BCUT2D eigenvalue weighted by Gasteiger charge is -2.31. The van der Waals surface area contributed by atoms with Crippen molar-refractivity contribution in [1.29, 1.82) is 0 Å². The van der Waals surface area contributed by atoms with Gasteiger partial charge in [0.15, 0.2) is 0 Å². The molecule has 0 aromatic heterocycles. The molecule has 6 nitrogen and oxygen atoms in total. The zero-order valence-corrected chi connectivity index (χ0v) is 13.9. The lowest BCUT2D eigenvalue weighted by molar-refractivity contribution is -0.141. The average Bonchev–Trinajstić information content (AvgIpc) is 2.79. The van der Waals surface area contributed by atoms with E-state index >= 15 is 0 Å². The molecule has 1 aliphatic rings. The van der Waals surface area contributed by atoms with Crippen molar-refractivity contribution < 1.29 is 14.4 Å². The molecule has 2 N–H and O–H groups in total. The third kappa shape index (κ3) is 6.01. The number of amides is 2. The van der Waals surface area contributed by atoms with E-state index in [1.807, 2.05) is 39.5 Å². The summed E-state index contributed by atoms with van der Waals surface area (Å²) < 4.78 is 0. The number of carbonyl (C=O) groups is 2. The first-order valence-corrected chi connectivity index (χ1v) is 7.67. The second-order valence-corrected chi connectivity index (χ2v) is 6.90. The monoisotopic (exact) mass is 299 g/mol. The SMILES string of the molecule is CC(C)NC(=O)CONC[C@@H]1CCCN1C(=O)C(C)(C)C. The number of rotatable bonds is 6. The third-order valence-electron chi connectivity index (χ3n) is 3.35. The summed E-state index contributed by atoms with van der Waals surface area (Å²) in [7, 11) is 0. The van der Waals surface area contributed by atoms with Crippen molar-refractivity contribution in [2.75, 3.05) is 19.7 Å². The maximum absolute atomic E-state index is 12.3. The molecule has 0 aliphatic carbocycles.